The van der Waals surface area contributed by atoms with Crippen molar-refractivity contribution in [3.8, 4) is 0 Å². The van der Waals surface area contributed by atoms with E-state index in [9.17, 15) is 0 Å². The molecule has 0 unspecified atom stereocenters. The van der Waals surface area contributed by atoms with Crippen LogP contribution in [0.1, 0.15) is 29.5 Å². The maximum absolute atomic E-state index is 3.71. The van der Waals surface area contributed by atoms with Gasteiger partial charge in [-0.2, -0.15) is 0 Å². The lowest BCUT2D eigenvalue weighted by Crippen LogP contribution is -2.33. The summed E-state index contributed by atoms with van der Waals surface area (Å²) >= 11 is 0. The molecule has 0 bridgehead atoms. The first kappa shape index (κ1) is 17.3. The summed E-state index contributed by atoms with van der Waals surface area (Å²) in [6.45, 7) is 7.50. The standard InChI is InChI=1S/C23H29N3/c1-18-5-4-6-20(13-18)16-26-17-21(22-7-2-3-8-23(22)26)15-25-14-19-9-11-24-12-10-19/h2-8,13,17,19,24-25H,9-12,14-16H2,1H3. The number of aromatic nitrogens is 1. The van der Waals surface area contributed by atoms with Crippen LogP contribution in [0.15, 0.2) is 54.7 Å². The average molecular weight is 348 g/mol. The van der Waals surface area contributed by atoms with Gasteiger partial charge in [0.15, 0.2) is 0 Å². The smallest absolute Gasteiger partial charge is 0.0486 e. The zero-order chi connectivity index (χ0) is 17.8. The second-order valence-electron chi connectivity index (χ2n) is 7.61. The molecule has 4 rings (SSSR count). The van der Waals surface area contributed by atoms with E-state index in [2.05, 4.69) is 76.9 Å². The van der Waals surface area contributed by atoms with E-state index in [4.69, 9.17) is 0 Å². The van der Waals surface area contributed by atoms with Gasteiger partial charge in [0.05, 0.1) is 0 Å². The lowest BCUT2D eigenvalue weighted by atomic mass is 9.98. The highest BCUT2D eigenvalue weighted by atomic mass is 15.0. The van der Waals surface area contributed by atoms with E-state index in [-0.39, 0.29) is 0 Å². The number of nitrogens with zero attached hydrogens (tertiary/aromatic N) is 1. The Labute approximate surface area is 156 Å². The van der Waals surface area contributed by atoms with Crippen LogP contribution in [0.3, 0.4) is 0 Å². The van der Waals surface area contributed by atoms with Crippen LogP contribution >= 0.6 is 0 Å². The maximum Gasteiger partial charge on any atom is 0.0486 e. The number of hydrogen-bond donors (Lipinski definition) is 2. The summed E-state index contributed by atoms with van der Waals surface area (Å²) in [6, 6.07) is 17.6. The Morgan fingerprint density at radius 2 is 1.92 bits per heavy atom. The Balaban J connectivity index is 1.50. The summed E-state index contributed by atoms with van der Waals surface area (Å²) in [5.41, 5.74) is 5.41. The molecule has 2 heterocycles. The van der Waals surface area contributed by atoms with E-state index in [1.165, 1.54) is 53.5 Å². The normalized spacial score (nSPS) is 15.6. The van der Waals surface area contributed by atoms with E-state index in [1.807, 2.05) is 0 Å². The largest absolute Gasteiger partial charge is 0.343 e. The fraction of sp³-hybridized carbons (Fsp3) is 0.391. The van der Waals surface area contributed by atoms with Crippen LogP contribution in [-0.2, 0) is 13.1 Å². The van der Waals surface area contributed by atoms with E-state index < -0.39 is 0 Å². The van der Waals surface area contributed by atoms with Gasteiger partial charge in [0.1, 0.15) is 0 Å². The number of nitrogens with one attached hydrogen (secondary N) is 2. The van der Waals surface area contributed by atoms with Gasteiger partial charge in [-0.3, -0.25) is 0 Å². The predicted octanol–water partition coefficient (Wildman–Crippen LogP) is 4.09. The molecule has 1 aromatic heterocycles. The van der Waals surface area contributed by atoms with Gasteiger partial charge < -0.3 is 15.2 Å². The molecule has 1 aliphatic heterocycles. The van der Waals surface area contributed by atoms with Crippen LogP contribution in [0, 0.1) is 12.8 Å². The van der Waals surface area contributed by atoms with E-state index in [1.54, 1.807) is 0 Å². The fourth-order valence-corrected chi connectivity index (χ4v) is 4.10. The van der Waals surface area contributed by atoms with Crippen molar-refractivity contribution in [2.75, 3.05) is 19.6 Å². The first-order valence-electron chi connectivity index (χ1n) is 9.83. The van der Waals surface area contributed by atoms with Crippen molar-refractivity contribution in [2.45, 2.75) is 32.9 Å². The van der Waals surface area contributed by atoms with Gasteiger partial charge in [-0.25, -0.2) is 0 Å². The Morgan fingerprint density at radius 1 is 1.08 bits per heavy atom. The summed E-state index contributed by atoms with van der Waals surface area (Å²) in [4.78, 5) is 0. The molecule has 136 valence electrons. The van der Waals surface area contributed by atoms with Crippen molar-refractivity contribution < 1.29 is 0 Å². The van der Waals surface area contributed by atoms with Gasteiger partial charge in [-0.1, -0.05) is 48.0 Å². The number of rotatable bonds is 6. The van der Waals surface area contributed by atoms with Crippen LogP contribution in [0.4, 0.5) is 0 Å². The molecule has 1 saturated heterocycles. The first-order valence-corrected chi connectivity index (χ1v) is 9.83. The number of benzene rings is 2. The van der Waals surface area contributed by atoms with Crippen molar-refractivity contribution in [3.05, 3.63) is 71.4 Å². The number of piperidine rings is 1. The van der Waals surface area contributed by atoms with Gasteiger partial charge in [0.2, 0.25) is 0 Å². The van der Waals surface area contributed by atoms with Crippen molar-refractivity contribution >= 4 is 10.9 Å². The average Bonchev–Trinajstić information content (AvgIpc) is 3.01. The van der Waals surface area contributed by atoms with Gasteiger partial charge in [-0.15, -0.1) is 0 Å². The molecule has 0 amide bonds. The molecule has 2 aromatic carbocycles. The monoisotopic (exact) mass is 347 g/mol. The van der Waals surface area contributed by atoms with Crippen LogP contribution in [0.25, 0.3) is 10.9 Å². The molecule has 0 atom stereocenters. The molecule has 3 nitrogen and oxygen atoms in total. The van der Waals surface area contributed by atoms with Crippen molar-refractivity contribution in [3.63, 3.8) is 0 Å². The zero-order valence-corrected chi connectivity index (χ0v) is 15.7. The second-order valence-corrected chi connectivity index (χ2v) is 7.61. The summed E-state index contributed by atoms with van der Waals surface area (Å²) < 4.78 is 2.39. The van der Waals surface area contributed by atoms with Gasteiger partial charge in [-0.05, 0) is 62.5 Å². The Morgan fingerprint density at radius 3 is 2.77 bits per heavy atom. The van der Waals surface area contributed by atoms with Gasteiger partial charge in [0, 0.05) is 30.2 Å². The number of para-hydroxylation sites is 1. The summed E-state index contributed by atoms with van der Waals surface area (Å²) in [6.07, 6.45) is 4.92. The van der Waals surface area contributed by atoms with E-state index in [0.717, 1.165) is 25.6 Å². The minimum Gasteiger partial charge on any atom is -0.343 e. The maximum atomic E-state index is 3.71. The van der Waals surface area contributed by atoms with Gasteiger partial charge in [0.25, 0.3) is 0 Å². The Bertz CT molecular complexity index is 859. The molecule has 1 fully saturated rings. The molecule has 26 heavy (non-hydrogen) atoms. The molecule has 0 aliphatic carbocycles. The van der Waals surface area contributed by atoms with Crippen LogP contribution in [0.2, 0.25) is 0 Å². The topological polar surface area (TPSA) is 29.0 Å². The zero-order valence-electron chi connectivity index (χ0n) is 15.7. The van der Waals surface area contributed by atoms with Gasteiger partial charge >= 0.3 is 0 Å². The fourth-order valence-electron chi connectivity index (χ4n) is 4.10. The molecule has 2 N–H and O–H groups in total. The minimum absolute atomic E-state index is 0.817. The predicted molar refractivity (Wildman–Crippen MR) is 110 cm³/mol. The third kappa shape index (κ3) is 4.00. The first-order chi connectivity index (χ1) is 12.8. The summed E-state index contributed by atoms with van der Waals surface area (Å²) in [5, 5.41) is 8.53. The number of fused-ring (bicyclic) bond motifs is 1. The lowest BCUT2D eigenvalue weighted by Gasteiger charge is -2.22. The number of aryl methyl sites for hydroxylation is 1. The molecule has 1 aliphatic rings. The van der Waals surface area contributed by atoms with Crippen LogP contribution < -0.4 is 10.6 Å². The third-order valence-corrected chi connectivity index (χ3v) is 5.51. The minimum atomic E-state index is 0.817. The molecule has 3 heteroatoms. The third-order valence-electron chi connectivity index (χ3n) is 5.51. The Kier molecular flexibility index (Phi) is 5.37. The quantitative estimate of drug-likeness (QED) is 0.703. The van der Waals surface area contributed by atoms with E-state index >= 15 is 0 Å². The Hall–Kier alpha value is -2.10. The van der Waals surface area contributed by atoms with Crippen LogP contribution in [-0.4, -0.2) is 24.2 Å². The molecule has 0 radical (unpaired) electrons. The van der Waals surface area contributed by atoms with Crippen molar-refractivity contribution in [1.29, 1.82) is 0 Å². The summed E-state index contributed by atoms with van der Waals surface area (Å²) in [7, 11) is 0. The summed E-state index contributed by atoms with van der Waals surface area (Å²) in [5.74, 6) is 0.817. The highest BCUT2D eigenvalue weighted by Gasteiger charge is 2.13. The second kappa shape index (κ2) is 8.07. The van der Waals surface area contributed by atoms with Crippen molar-refractivity contribution in [1.82, 2.24) is 15.2 Å². The molecule has 0 saturated carbocycles. The van der Waals surface area contributed by atoms with Crippen LogP contribution in [0.5, 0.6) is 0 Å². The lowest BCUT2D eigenvalue weighted by molar-refractivity contribution is 0.356. The molecule has 3 aromatic rings. The highest BCUT2D eigenvalue weighted by Crippen LogP contribution is 2.23. The molecule has 0 spiro atoms. The molecular weight excluding hydrogens is 318 g/mol. The SMILES string of the molecule is Cc1cccc(Cn2cc(CNCC3CCNCC3)c3ccccc32)c1. The molecular formula is C23H29N3. The van der Waals surface area contributed by atoms with E-state index in [0.29, 0.717) is 0 Å². The number of hydrogen-bond acceptors (Lipinski definition) is 2. The highest BCUT2D eigenvalue weighted by molar-refractivity contribution is 5.84. The van der Waals surface area contributed by atoms with Crippen molar-refractivity contribution in [2.24, 2.45) is 5.92 Å².